The molecule has 0 heterocycles. The van der Waals surface area contributed by atoms with Crippen LogP contribution in [-0.2, 0) is 6.54 Å². The molecule has 2 aromatic carbocycles. The molecular weight excluding hydrogens is 234 g/mol. The van der Waals surface area contributed by atoms with Crippen LogP contribution in [0.2, 0.25) is 0 Å². The normalized spacial score (nSPS) is 12.6. The lowest BCUT2D eigenvalue weighted by Gasteiger charge is -2.21. The fourth-order valence-corrected chi connectivity index (χ4v) is 2.15. The van der Waals surface area contributed by atoms with Gasteiger partial charge in [0.2, 0.25) is 0 Å². The first-order valence-electron chi connectivity index (χ1n) is 6.62. The van der Waals surface area contributed by atoms with Gasteiger partial charge in [-0.3, -0.25) is 4.90 Å². The third-order valence-electron chi connectivity index (χ3n) is 3.24. The second kappa shape index (κ2) is 6.50. The highest BCUT2D eigenvalue weighted by Gasteiger charge is 2.10. The average molecular weight is 255 g/mol. The Balaban J connectivity index is 1.91. The van der Waals surface area contributed by atoms with Crippen LogP contribution in [0.5, 0.6) is 0 Å². The van der Waals surface area contributed by atoms with Crippen molar-refractivity contribution in [1.29, 1.82) is 0 Å². The Morgan fingerprint density at radius 1 is 1.00 bits per heavy atom. The largest absolute Gasteiger partial charge is 0.387 e. The maximum atomic E-state index is 10.2. The van der Waals surface area contributed by atoms with Crippen molar-refractivity contribution in [3.63, 3.8) is 0 Å². The van der Waals surface area contributed by atoms with E-state index < -0.39 is 6.10 Å². The summed E-state index contributed by atoms with van der Waals surface area (Å²) in [7, 11) is 2.03. The Labute approximate surface area is 115 Å². The second-order valence-corrected chi connectivity index (χ2v) is 5.11. The van der Waals surface area contributed by atoms with E-state index in [1.165, 1.54) is 11.1 Å². The standard InChI is InChI=1S/C17H21NO/c1-14-8-10-16(11-9-14)17(19)13-18(2)12-15-6-4-3-5-7-15/h3-11,17,19H,12-13H2,1-2H3/t17-/m1/s1. The molecule has 2 aromatic rings. The van der Waals surface area contributed by atoms with E-state index >= 15 is 0 Å². The van der Waals surface area contributed by atoms with Crippen LogP contribution in [0.15, 0.2) is 54.6 Å². The molecule has 0 aliphatic heterocycles. The highest BCUT2D eigenvalue weighted by molar-refractivity contribution is 5.23. The molecule has 0 saturated heterocycles. The van der Waals surface area contributed by atoms with Gasteiger partial charge in [0.25, 0.3) is 0 Å². The van der Waals surface area contributed by atoms with Gasteiger partial charge in [0, 0.05) is 13.1 Å². The van der Waals surface area contributed by atoms with Crippen LogP contribution in [-0.4, -0.2) is 23.6 Å². The van der Waals surface area contributed by atoms with Gasteiger partial charge in [-0.2, -0.15) is 0 Å². The van der Waals surface area contributed by atoms with E-state index in [-0.39, 0.29) is 0 Å². The average Bonchev–Trinajstić information content (AvgIpc) is 2.40. The molecule has 1 atom stereocenters. The number of likely N-dealkylation sites (N-methyl/N-ethyl adjacent to an activating group) is 1. The first-order valence-corrected chi connectivity index (χ1v) is 6.62. The minimum Gasteiger partial charge on any atom is -0.387 e. The zero-order chi connectivity index (χ0) is 13.7. The molecule has 0 aliphatic carbocycles. The van der Waals surface area contributed by atoms with Crippen molar-refractivity contribution in [3.8, 4) is 0 Å². The smallest absolute Gasteiger partial charge is 0.0916 e. The number of aryl methyl sites for hydroxylation is 1. The lowest BCUT2D eigenvalue weighted by Crippen LogP contribution is -2.24. The van der Waals surface area contributed by atoms with Crippen molar-refractivity contribution in [1.82, 2.24) is 4.90 Å². The van der Waals surface area contributed by atoms with Crippen LogP contribution in [0, 0.1) is 6.92 Å². The molecule has 0 aliphatic rings. The number of hydrogen-bond acceptors (Lipinski definition) is 2. The van der Waals surface area contributed by atoms with Crippen LogP contribution in [0.4, 0.5) is 0 Å². The highest BCUT2D eigenvalue weighted by atomic mass is 16.3. The summed E-state index contributed by atoms with van der Waals surface area (Å²) in [5, 5.41) is 10.2. The lowest BCUT2D eigenvalue weighted by atomic mass is 10.1. The van der Waals surface area contributed by atoms with E-state index in [9.17, 15) is 5.11 Å². The Bertz CT molecular complexity index is 492. The maximum Gasteiger partial charge on any atom is 0.0916 e. The van der Waals surface area contributed by atoms with E-state index in [0.717, 1.165) is 12.1 Å². The highest BCUT2D eigenvalue weighted by Crippen LogP contribution is 2.15. The summed E-state index contributed by atoms with van der Waals surface area (Å²) in [5.74, 6) is 0. The fourth-order valence-electron chi connectivity index (χ4n) is 2.15. The quantitative estimate of drug-likeness (QED) is 0.887. The molecule has 100 valence electrons. The summed E-state index contributed by atoms with van der Waals surface area (Å²) in [6, 6.07) is 18.4. The summed E-state index contributed by atoms with van der Waals surface area (Å²) in [4.78, 5) is 2.14. The second-order valence-electron chi connectivity index (χ2n) is 5.11. The van der Waals surface area contributed by atoms with Crippen molar-refractivity contribution in [3.05, 3.63) is 71.3 Å². The summed E-state index contributed by atoms with van der Waals surface area (Å²) in [6.07, 6.45) is -0.436. The van der Waals surface area contributed by atoms with Gasteiger partial charge in [0.05, 0.1) is 6.10 Å². The minimum atomic E-state index is -0.436. The molecule has 0 bridgehead atoms. The first kappa shape index (κ1) is 13.8. The number of hydrogen-bond donors (Lipinski definition) is 1. The minimum absolute atomic E-state index is 0.436. The lowest BCUT2D eigenvalue weighted by molar-refractivity contribution is 0.124. The summed E-state index contributed by atoms with van der Waals surface area (Å²) >= 11 is 0. The molecule has 0 saturated carbocycles. The van der Waals surface area contributed by atoms with E-state index in [4.69, 9.17) is 0 Å². The number of nitrogens with zero attached hydrogens (tertiary/aromatic N) is 1. The maximum absolute atomic E-state index is 10.2. The predicted octanol–water partition coefficient (Wildman–Crippen LogP) is 3.16. The molecule has 2 rings (SSSR count). The topological polar surface area (TPSA) is 23.5 Å². The van der Waals surface area contributed by atoms with E-state index in [2.05, 4.69) is 24.0 Å². The van der Waals surface area contributed by atoms with E-state index in [0.29, 0.717) is 6.54 Å². The van der Waals surface area contributed by atoms with Gasteiger partial charge in [-0.25, -0.2) is 0 Å². The molecule has 2 heteroatoms. The van der Waals surface area contributed by atoms with Gasteiger partial charge in [-0.05, 0) is 25.1 Å². The monoisotopic (exact) mass is 255 g/mol. The zero-order valence-electron chi connectivity index (χ0n) is 11.6. The Hall–Kier alpha value is -1.64. The van der Waals surface area contributed by atoms with E-state index in [1.807, 2.05) is 49.5 Å². The molecule has 2 nitrogen and oxygen atoms in total. The molecule has 0 aromatic heterocycles. The van der Waals surface area contributed by atoms with Crippen molar-refractivity contribution in [2.24, 2.45) is 0 Å². The molecule has 0 amide bonds. The van der Waals surface area contributed by atoms with Gasteiger partial charge in [-0.1, -0.05) is 60.2 Å². The Morgan fingerprint density at radius 3 is 2.26 bits per heavy atom. The van der Waals surface area contributed by atoms with Crippen LogP contribution < -0.4 is 0 Å². The molecule has 19 heavy (non-hydrogen) atoms. The van der Waals surface area contributed by atoms with Crippen LogP contribution in [0.25, 0.3) is 0 Å². The molecule has 0 fully saturated rings. The number of aliphatic hydroxyl groups excluding tert-OH is 1. The van der Waals surface area contributed by atoms with Crippen molar-refractivity contribution in [2.45, 2.75) is 19.6 Å². The van der Waals surface area contributed by atoms with Gasteiger partial charge in [0.15, 0.2) is 0 Å². The SMILES string of the molecule is Cc1ccc([C@H](O)CN(C)Cc2ccccc2)cc1. The molecular formula is C17H21NO. The summed E-state index contributed by atoms with van der Waals surface area (Å²) in [5.41, 5.74) is 3.46. The number of benzene rings is 2. The Morgan fingerprint density at radius 2 is 1.63 bits per heavy atom. The van der Waals surface area contributed by atoms with Crippen molar-refractivity contribution < 1.29 is 5.11 Å². The third-order valence-corrected chi connectivity index (χ3v) is 3.24. The number of aliphatic hydroxyl groups is 1. The van der Waals surface area contributed by atoms with Crippen LogP contribution in [0.1, 0.15) is 22.8 Å². The van der Waals surface area contributed by atoms with E-state index in [1.54, 1.807) is 0 Å². The van der Waals surface area contributed by atoms with Gasteiger partial charge in [-0.15, -0.1) is 0 Å². The fraction of sp³-hybridized carbons (Fsp3) is 0.294. The van der Waals surface area contributed by atoms with Crippen LogP contribution >= 0.6 is 0 Å². The number of rotatable bonds is 5. The molecule has 0 spiro atoms. The zero-order valence-corrected chi connectivity index (χ0v) is 11.6. The van der Waals surface area contributed by atoms with Gasteiger partial charge < -0.3 is 5.11 Å². The predicted molar refractivity (Wildman–Crippen MR) is 78.9 cm³/mol. The molecule has 1 N–H and O–H groups in total. The molecule has 0 radical (unpaired) electrons. The van der Waals surface area contributed by atoms with Gasteiger partial charge in [0.1, 0.15) is 0 Å². The molecule has 0 unspecified atom stereocenters. The van der Waals surface area contributed by atoms with Crippen LogP contribution in [0.3, 0.4) is 0 Å². The van der Waals surface area contributed by atoms with Gasteiger partial charge >= 0.3 is 0 Å². The van der Waals surface area contributed by atoms with Crippen molar-refractivity contribution in [2.75, 3.05) is 13.6 Å². The summed E-state index contributed by atoms with van der Waals surface area (Å²) < 4.78 is 0. The van der Waals surface area contributed by atoms with Crippen molar-refractivity contribution >= 4 is 0 Å². The third kappa shape index (κ3) is 4.19. The Kier molecular flexibility index (Phi) is 4.72. The first-order chi connectivity index (χ1) is 9.15. The summed E-state index contributed by atoms with van der Waals surface area (Å²) in [6.45, 7) is 3.54.